The van der Waals surface area contributed by atoms with Crippen LogP contribution in [0.25, 0.3) is 0 Å². The summed E-state index contributed by atoms with van der Waals surface area (Å²) < 4.78 is 0. The van der Waals surface area contributed by atoms with Crippen LogP contribution in [0.5, 0.6) is 0 Å². The van der Waals surface area contributed by atoms with Gasteiger partial charge in [-0.25, -0.2) is 5.43 Å². The highest BCUT2D eigenvalue weighted by molar-refractivity contribution is 5.78. The maximum atomic E-state index is 11.3. The fraction of sp³-hybridized carbons (Fsp3) is 0.714. The Morgan fingerprint density at radius 2 is 1.76 bits per heavy atom. The van der Waals surface area contributed by atoms with Crippen molar-refractivity contribution in [1.82, 2.24) is 5.43 Å². The molecule has 1 amide bonds. The summed E-state index contributed by atoms with van der Waals surface area (Å²) in [6, 6.07) is 0. The normalized spacial score (nSPS) is 11.4. The van der Waals surface area contributed by atoms with Gasteiger partial charge in [0.05, 0.1) is 0 Å². The van der Waals surface area contributed by atoms with Crippen LogP contribution in [0.4, 0.5) is 0 Å². The Kier molecular flexibility index (Phi) is 12.1. The Morgan fingerprint density at radius 1 is 1.12 bits per heavy atom. The van der Waals surface area contributed by atoms with E-state index < -0.39 is 0 Å². The molecule has 0 spiro atoms. The van der Waals surface area contributed by atoms with Gasteiger partial charge in [0.15, 0.2) is 0 Å². The van der Waals surface area contributed by atoms with Gasteiger partial charge in [0.1, 0.15) is 0 Å². The molecule has 0 bridgehead atoms. The monoisotopic (exact) mass is 238 g/mol. The van der Waals surface area contributed by atoms with Gasteiger partial charge < -0.3 is 0 Å². The van der Waals surface area contributed by atoms with Crippen molar-refractivity contribution < 1.29 is 4.79 Å². The fourth-order valence-corrected chi connectivity index (χ4v) is 1.54. The van der Waals surface area contributed by atoms with Crippen molar-refractivity contribution in [2.75, 3.05) is 0 Å². The lowest BCUT2D eigenvalue weighted by molar-refractivity contribution is -0.121. The van der Waals surface area contributed by atoms with Crippen LogP contribution in [0, 0.1) is 0 Å². The number of amides is 1. The number of hydrazone groups is 1. The molecule has 0 aromatic rings. The molecule has 0 saturated heterocycles. The van der Waals surface area contributed by atoms with Crippen molar-refractivity contribution in [1.29, 1.82) is 0 Å². The van der Waals surface area contributed by atoms with Gasteiger partial charge in [0.25, 0.3) is 0 Å². The lowest BCUT2D eigenvalue weighted by atomic mass is 10.1. The molecule has 3 heteroatoms. The van der Waals surface area contributed by atoms with E-state index in [2.05, 4.69) is 17.5 Å². The molecule has 3 nitrogen and oxygen atoms in total. The zero-order chi connectivity index (χ0) is 12.8. The van der Waals surface area contributed by atoms with Crippen LogP contribution < -0.4 is 5.43 Å². The van der Waals surface area contributed by atoms with Crippen molar-refractivity contribution in [3.05, 3.63) is 12.2 Å². The SMILES string of the molecule is CC=CC=NNC(=O)CCCCCCCCC. The first-order chi connectivity index (χ1) is 8.31. The van der Waals surface area contributed by atoms with Gasteiger partial charge in [-0.1, -0.05) is 51.5 Å². The first-order valence-electron chi connectivity index (χ1n) is 6.74. The van der Waals surface area contributed by atoms with Gasteiger partial charge in [-0.2, -0.15) is 5.10 Å². The second-order valence-electron chi connectivity index (χ2n) is 4.21. The van der Waals surface area contributed by atoms with E-state index in [0.717, 1.165) is 12.8 Å². The molecule has 0 atom stereocenters. The number of rotatable bonds is 10. The summed E-state index contributed by atoms with van der Waals surface area (Å²) in [6.07, 6.45) is 14.4. The van der Waals surface area contributed by atoms with E-state index in [0.29, 0.717) is 6.42 Å². The zero-order valence-electron chi connectivity index (χ0n) is 11.2. The highest BCUT2D eigenvalue weighted by Gasteiger charge is 1.98. The summed E-state index contributed by atoms with van der Waals surface area (Å²) in [5.41, 5.74) is 2.51. The maximum absolute atomic E-state index is 11.3. The Labute approximate surface area is 105 Å². The third-order valence-corrected chi connectivity index (χ3v) is 2.55. The third-order valence-electron chi connectivity index (χ3n) is 2.55. The highest BCUT2D eigenvalue weighted by Crippen LogP contribution is 2.08. The van der Waals surface area contributed by atoms with Crippen LogP contribution >= 0.6 is 0 Å². The molecule has 0 heterocycles. The quantitative estimate of drug-likeness (QED) is 0.351. The van der Waals surface area contributed by atoms with E-state index in [-0.39, 0.29) is 5.91 Å². The van der Waals surface area contributed by atoms with E-state index in [1.54, 1.807) is 12.3 Å². The first kappa shape index (κ1) is 15.9. The van der Waals surface area contributed by atoms with Gasteiger partial charge in [-0.05, 0) is 19.4 Å². The van der Waals surface area contributed by atoms with E-state index in [1.165, 1.54) is 32.1 Å². The predicted octanol–water partition coefficient (Wildman–Crippen LogP) is 3.81. The molecule has 0 aliphatic rings. The molecule has 0 aromatic carbocycles. The Hall–Kier alpha value is -1.12. The van der Waals surface area contributed by atoms with Crippen LogP contribution in [0.15, 0.2) is 17.3 Å². The minimum Gasteiger partial charge on any atom is -0.273 e. The number of hydrogen-bond acceptors (Lipinski definition) is 2. The first-order valence-corrected chi connectivity index (χ1v) is 6.74. The largest absolute Gasteiger partial charge is 0.273 e. The molecule has 1 N–H and O–H groups in total. The summed E-state index contributed by atoms with van der Waals surface area (Å²) in [4.78, 5) is 11.3. The third kappa shape index (κ3) is 12.8. The molecule has 0 aliphatic carbocycles. The van der Waals surface area contributed by atoms with Crippen LogP contribution in [-0.4, -0.2) is 12.1 Å². The van der Waals surface area contributed by atoms with Crippen molar-refractivity contribution >= 4 is 12.1 Å². The maximum Gasteiger partial charge on any atom is 0.240 e. The summed E-state index contributed by atoms with van der Waals surface area (Å²) in [5.74, 6) is 0.0133. The molecule has 0 aliphatic heterocycles. The minimum atomic E-state index is 0.0133. The molecule has 0 rings (SSSR count). The summed E-state index contributed by atoms with van der Waals surface area (Å²) >= 11 is 0. The molecule has 98 valence electrons. The van der Waals surface area contributed by atoms with Gasteiger partial charge in [-0.15, -0.1) is 0 Å². The summed E-state index contributed by atoms with van der Waals surface area (Å²) in [6.45, 7) is 4.13. The Balaban J connectivity index is 3.27. The molecular weight excluding hydrogens is 212 g/mol. The molecule has 17 heavy (non-hydrogen) atoms. The van der Waals surface area contributed by atoms with Gasteiger partial charge in [0, 0.05) is 12.6 Å². The molecule has 0 radical (unpaired) electrons. The number of carbonyl (C=O) groups is 1. The summed E-state index contributed by atoms with van der Waals surface area (Å²) in [7, 11) is 0. The zero-order valence-corrected chi connectivity index (χ0v) is 11.2. The molecule has 0 unspecified atom stereocenters. The number of carbonyl (C=O) groups excluding carboxylic acids is 1. The van der Waals surface area contributed by atoms with Crippen molar-refractivity contribution in [2.24, 2.45) is 5.10 Å². The second-order valence-corrected chi connectivity index (χ2v) is 4.21. The van der Waals surface area contributed by atoms with E-state index >= 15 is 0 Å². The second kappa shape index (κ2) is 12.9. The van der Waals surface area contributed by atoms with E-state index in [4.69, 9.17) is 0 Å². The standard InChI is InChI=1S/C14H26N2O/c1-3-5-7-8-9-10-11-12-14(17)16-15-13-6-4-2/h4,6,13H,3,5,7-12H2,1-2H3,(H,16,17). The number of nitrogens with zero attached hydrogens (tertiary/aromatic N) is 1. The fourth-order valence-electron chi connectivity index (χ4n) is 1.54. The lowest BCUT2D eigenvalue weighted by Crippen LogP contribution is -2.16. The predicted molar refractivity (Wildman–Crippen MR) is 74.1 cm³/mol. The number of allylic oxidation sites excluding steroid dienone is 2. The lowest BCUT2D eigenvalue weighted by Gasteiger charge is -2.00. The van der Waals surface area contributed by atoms with Crippen molar-refractivity contribution in [3.8, 4) is 0 Å². The number of nitrogens with one attached hydrogen (secondary N) is 1. The highest BCUT2D eigenvalue weighted by atomic mass is 16.2. The Morgan fingerprint density at radius 3 is 2.41 bits per heavy atom. The smallest absolute Gasteiger partial charge is 0.240 e. The van der Waals surface area contributed by atoms with Gasteiger partial charge >= 0.3 is 0 Å². The molecule has 0 aromatic heterocycles. The number of unbranched alkanes of at least 4 members (excludes halogenated alkanes) is 6. The number of hydrogen-bond donors (Lipinski definition) is 1. The molecule has 0 saturated carbocycles. The Bertz CT molecular complexity index is 234. The minimum absolute atomic E-state index is 0.0133. The van der Waals surface area contributed by atoms with Crippen molar-refractivity contribution in [3.63, 3.8) is 0 Å². The molecule has 0 fully saturated rings. The van der Waals surface area contributed by atoms with Crippen LogP contribution in [-0.2, 0) is 4.79 Å². The van der Waals surface area contributed by atoms with E-state index in [1.807, 2.05) is 13.0 Å². The van der Waals surface area contributed by atoms with Crippen LogP contribution in [0.2, 0.25) is 0 Å². The van der Waals surface area contributed by atoms with Gasteiger partial charge in [0.2, 0.25) is 5.91 Å². The topological polar surface area (TPSA) is 41.5 Å². The van der Waals surface area contributed by atoms with Crippen LogP contribution in [0.1, 0.15) is 65.2 Å². The van der Waals surface area contributed by atoms with Crippen molar-refractivity contribution in [2.45, 2.75) is 65.2 Å². The summed E-state index contributed by atoms with van der Waals surface area (Å²) in [5, 5.41) is 3.79. The molecular formula is C14H26N2O. The van der Waals surface area contributed by atoms with E-state index in [9.17, 15) is 4.79 Å². The average Bonchev–Trinajstić information content (AvgIpc) is 2.33. The van der Waals surface area contributed by atoms with Gasteiger partial charge in [-0.3, -0.25) is 4.79 Å². The van der Waals surface area contributed by atoms with Crippen LogP contribution in [0.3, 0.4) is 0 Å². The average molecular weight is 238 g/mol.